The Morgan fingerprint density at radius 3 is 2.88 bits per heavy atom. The maximum Gasteiger partial charge on any atom is 0.164 e. The summed E-state index contributed by atoms with van der Waals surface area (Å²) in [5.41, 5.74) is 0.953. The molecule has 3 aromatic heterocycles. The molecule has 1 fully saturated rings. The van der Waals surface area contributed by atoms with Gasteiger partial charge in [-0.2, -0.15) is 0 Å². The highest BCUT2D eigenvalue weighted by Gasteiger charge is 2.13. The van der Waals surface area contributed by atoms with Crippen LogP contribution in [0.3, 0.4) is 0 Å². The van der Waals surface area contributed by atoms with Gasteiger partial charge in [0.25, 0.3) is 0 Å². The number of fused-ring (bicyclic) bond motifs is 1. The van der Waals surface area contributed by atoms with Gasteiger partial charge in [0.05, 0.1) is 5.39 Å². The number of aromatic nitrogens is 3. The minimum atomic E-state index is 0.739. The van der Waals surface area contributed by atoms with Crippen molar-refractivity contribution in [2.24, 2.45) is 0 Å². The summed E-state index contributed by atoms with van der Waals surface area (Å²) in [5.74, 6) is 1.67. The molecular formula is C19H23N5S. The lowest BCUT2D eigenvalue weighted by Crippen LogP contribution is -2.33. The Balaban J connectivity index is 1.57. The zero-order chi connectivity index (χ0) is 17.1. The van der Waals surface area contributed by atoms with Crippen molar-refractivity contribution < 1.29 is 0 Å². The molecule has 4 heterocycles. The zero-order valence-electron chi connectivity index (χ0n) is 14.5. The molecule has 3 aromatic rings. The first-order valence-corrected chi connectivity index (χ1v) is 9.76. The zero-order valence-corrected chi connectivity index (χ0v) is 15.4. The second-order valence-corrected chi connectivity index (χ2v) is 7.78. The molecular weight excluding hydrogens is 330 g/mol. The minimum Gasteiger partial charge on any atom is -0.368 e. The largest absolute Gasteiger partial charge is 0.368 e. The molecule has 0 radical (unpaired) electrons. The molecule has 0 aliphatic carbocycles. The van der Waals surface area contributed by atoms with Crippen molar-refractivity contribution in [3.63, 3.8) is 0 Å². The smallest absolute Gasteiger partial charge is 0.164 e. The first-order valence-electron chi connectivity index (χ1n) is 8.94. The van der Waals surface area contributed by atoms with E-state index in [9.17, 15) is 0 Å². The number of hydrogen-bond donors (Lipinski definition) is 1. The average Bonchev–Trinajstić information content (AvgIpc) is 3.03. The van der Waals surface area contributed by atoms with E-state index in [1.54, 1.807) is 17.5 Å². The van der Waals surface area contributed by atoms with E-state index < -0.39 is 0 Å². The Morgan fingerprint density at radius 2 is 2.08 bits per heavy atom. The predicted molar refractivity (Wildman–Crippen MR) is 104 cm³/mol. The van der Waals surface area contributed by atoms with Gasteiger partial charge in [-0.05, 0) is 51.1 Å². The van der Waals surface area contributed by atoms with Crippen LogP contribution in [0.2, 0.25) is 0 Å². The van der Waals surface area contributed by atoms with E-state index in [1.165, 1.54) is 37.2 Å². The molecule has 0 saturated carbocycles. The summed E-state index contributed by atoms with van der Waals surface area (Å²) in [6, 6.07) is 6.11. The molecule has 0 spiro atoms. The van der Waals surface area contributed by atoms with Crippen molar-refractivity contribution in [3.8, 4) is 11.4 Å². The van der Waals surface area contributed by atoms with Crippen LogP contribution >= 0.6 is 11.3 Å². The standard InChI is InChI=1S/C19H23N5S/c1-14-12-16-18(21-8-11-24-9-3-2-4-10-24)22-17(23-19(16)25-14)15-6-5-7-20-13-15/h5-7,12-13H,2-4,8-11H2,1H3,(H,21,22,23). The number of likely N-dealkylation sites (tertiary alicyclic amines) is 1. The second kappa shape index (κ2) is 7.45. The molecule has 4 rings (SSSR count). The predicted octanol–water partition coefficient (Wildman–Crippen LogP) is 3.96. The molecule has 25 heavy (non-hydrogen) atoms. The summed E-state index contributed by atoms with van der Waals surface area (Å²) >= 11 is 1.71. The molecule has 0 aromatic carbocycles. The van der Waals surface area contributed by atoms with Crippen LogP contribution in [0.5, 0.6) is 0 Å². The minimum absolute atomic E-state index is 0.739. The lowest BCUT2D eigenvalue weighted by molar-refractivity contribution is 0.237. The van der Waals surface area contributed by atoms with Gasteiger partial charge in [-0.3, -0.25) is 4.98 Å². The summed E-state index contributed by atoms with van der Waals surface area (Å²) in [4.78, 5) is 18.6. The third kappa shape index (κ3) is 3.80. The third-order valence-corrected chi connectivity index (χ3v) is 5.55. The van der Waals surface area contributed by atoms with Crippen molar-refractivity contribution >= 4 is 27.4 Å². The van der Waals surface area contributed by atoms with Crippen LogP contribution in [-0.2, 0) is 0 Å². The van der Waals surface area contributed by atoms with Crippen LogP contribution in [0.1, 0.15) is 24.1 Å². The van der Waals surface area contributed by atoms with Gasteiger partial charge in [0.1, 0.15) is 10.6 Å². The van der Waals surface area contributed by atoms with Gasteiger partial charge in [-0.25, -0.2) is 9.97 Å². The van der Waals surface area contributed by atoms with Crippen molar-refractivity contribution in [1.29, 1.82) is 0 Å². The van der Waals surface area contributed by atoms with Crippen LogP contribution in [0.25, 0.3) is 21.6 Å². The summed E-state index contributed by atoms with van der Waals surface area (Å²) in [5, 5.41) is 4.67. The van der Waals surface area contributed by atoms with E-state index in [1.807, 2.05) is 18.3 Å². The molecule has 5 nitrogen and oxygen atoms in total. The van der Waals surface area contributed by atoms with E-state index in [4.69, 9.17) is 9.97 Å². The van der Waals surface area contributed by atoms with Crippen LogP contribution in [0.4, 0.5) is 5.82 Å². The fraction of sp³-hybridized carbons (Fsp3) is 0.421. The number of thiophene rings is 1. The van der Waals surface area contributed by atoms with Crippen LogP contribution in [0.15, 0.2) is 30.6 Å². The fourth-order valence-electron chi connectivity index (χ4n) is 3.32. The molecule has 1 aliphatic rings. The second-order valence-electron chi connectivity index (χ2n) is 6.54. The Kier molecular flexibility index (Phi) is 4.90. The molecule has 0 atom stereocenters. The number of nitrogens with zero attached hydrogens (tertiary/aromatic N) is 4. The van der Waals surface area contributed by atoms with Gasteiger partial charge in [0.15, 0.2) is 5.82 Å². The van der Waals surface area contributed by atoms with E-state index in [2.05, 4.69) is 28.2 Å². The molecule has 1 aliphatic heterocycles. The Hall–Kier alpha value is -2.05. The molecule has 1 N–H and O–H groups in total. The Bertz CT molecular complexity index is 840. The highest BCUT2D eigenvalue weighted by Crippen LogP contribution is 2.30. The first-order chi connectivity index (χ1) is 12.3. The molecule has 6 heteroatoms. The van der Waals surface area contributed by atoms with Crippen LogP contribution < -0.4 is 5.32 Å². The maximum atomic E-state index is 4.79. The van der Waals surface area contributed by atoms with Gasteiger partial charge in [-0.1, -0.05) is 6.42 Å². The Morgan fingerprint density at radius 1 is 1.20 bits per heavy atom. The topological polar surface area (TPSA) is 53.9 Å². The van der Waals surface area contributed by atoms with Crippen LogP contribution in [-0.4, -0.2) is 46.0 Å². The molecule has 0 bridgehead atoms. The third-order valence-electron chi connectivity index (χ3n) is 4.60. The van der Waals surface area contributed by atoms with E-state index in [0.29, 0.717) is 0 Å². The van der Waals surface area contributed by atoms with E-state index in [-0.39, 0.29) is 0 Å². The number of anilines is 1. The van der Waals surface area contributed by atoms with Crippen molar-refractivity contribution in [2.75, 3.05) is 31.5 Å². The number of pyridine rings is 1. The summed E-state index contributed by atoms with van der Waals surface area (Å²) in [6.07, 6.45) is 7.62. The number of rotatable bonds is 5. The van der Waals surface area contributed by atoms with E-state index >= 15 is 0 Å². The average molecular weight is 353 g/mol. The Labute approximate surface area is 152 Å². The van der Waals surface area contributed by atoms with E-state index in [0.717, 1.165) is 40.5 Å². The maximum absolute atomic E-state index is 4.79. The SMILES string of the molecule is Cc1cc2c(NCCN3CCCCC3)nc(-c3cccnc3)nc2s1. The first kappa shape index (κ1) is 16.4. The summed E-state index contributed by atoms with van der Waals surface area (Å²) in [6.45, 7) is 6.54. The quantitative estimate of drug-likeness (QED) is 0.752. The number of piperidine rings is 1. The molecule has 130 valence electrons. The molecule has 0 amide bonds. The van der Waals surface area contributed by atoms with Crippen molar-refractivity contribution in [3.05, 3.63) is 35.5 Å². The van der Waals surface area contributed by atoms with Gasteiger partial charge < -0.3 is 10.2 Å². The normalized spacial score (nSPS) is 15.6. The fourth-order valence-corrected chi connectivity index (χ4v) is 4.20. The summed E-state index contributed by atoms with van der Waals surface area (Å²) in [7, 11) is 0. The molecule has 1 saturated heterocycles. The highest BCUT2D eigenvalue weighted by molar-refractivity contribution is 7.18. The van der Waals surface area contributed by atoms with Crippen LogP contribution in [0, 0.1) is 6.92 Å². The van der Waals surface area contributed by atoms with Gasteiger partial charge >= 0.3 is 0 Å². The van der Waals surface area contributed by atoms with Crippen molar-refractivity contribution in [2.45, 2.75) is 26.2 Å². The summed E-state index contributed by atoms with van der Waals surface area (Å²) < 4.78 is 0. The number of nitrogens with one attached hydrogen (secondary N) is 1. The van der Waals surface area contributed by atoms with Crippen molar-refractivity contribution in [1.82, 2.24) is 19.9 Å². The van der Waals surface area contributed by atoms with Gasteiger partial charge in [0, 0.05) is 35.9 Å². The lowest BCUT2D eigenvalue weighted by Gasteiger charge is -2.26. The lowest BCUT2D eigenvalue weighted by atomic mass is 10.1. The van der Waals surface area contributed by atoms with Gasteiger partial charge in [0.2, 0.25) is 0 Å². The number of aryl methyl sites for hydroxylation is 1. The monoisotopic (exact) mass is 353 g/mol. The molecule has 0 unspecified atom stereocenters. The number of hydrogen-bond acceptors (Lipinski definition) is 6. The highest BCUT2D eigenvalue weighted by atomic mass is 32.1. The van der Waals surface area contributed by atoms with Gasteiger partial charge in [-0.15, -0.1) is 11.3 Å².